The zero-order valence-corrected chi connectivity index (χ0v) is 15.3. The van der Waals surface area contributed by atoms with Crippen molar-refractivity contribution in [3.8, 4) is 5.75 Å². The van der Waals surface area contributed by atoms with Crippen molar-refractivity contribution < 1.29 is 19.1 Å². The molecule has 0 radical (unpaired) electrons. The maximum absolute atomic E-state index is 12.5. The van der Waals surface area contributed by atoms with E-state index in [1.165, 1.54) is 18.2 Å². The molecule has 1 aliphatic heterocycles. The first-order chi connectivity index (χ1) is 13.6. The number of nitrogens with one attached hydrogen (secondary N) is 3. The van der Waals surface area contributed by atoms with Gasteiger partial charge in [-0.3, -0.25) is 20.0 Å². The van der Waals surface area contributed by atoms with Gasteiger partial charge in [-0.15, -0.1) is 0 Å². The summed E-state index contributed by atoms with van der Waals surface area (Å²) in [4.78, 5) is 42.5. The molecule has 1 atom stereocenters. The smallest absolute Gasteiger partial charge is 0.336 e. The second-order valence-corrected chi connectivity index (χ2v) is 6.20. The number of likely N-dealkylation sites (tertiary alicyclic amines) is 1. The molecular formula is C19H21N5O4. The van der Waals surface area contributed by atoms with E-state index < -0.39 is 18.0 Å². The number of nitrogens with zero attached hydrogens (tertiary/aromatic N) is 2. The van der Waals surface area contributed by atoms with Crippen molar-refractivity contribution in [1.29, 1.82) is 0 Å². The minimum atomic E-state index is -0.617. The summed E-state index contributed by atoms with van der Waals surface area (Å²) in [7, 11) is 1.50. The van der Waals surface area contributed by atoms with E-state index in [-0.39, 0.29) is 5.91 Å². The Morgan fingerprint density at radius 1 is 1.18 bits per heavy atom. The highest BCUT2D eigenvalue weighted by Crippen LogP contribution is 2.19. The minimum absolute atomic E-state index is 0.292. The van der Waals surface area contributed by atoms with Crippen molar-refractivity contribution in [2.75, 3.05) is 19.0 Å². The lowest BCUT2D eigenvalue weighted by atomic mass is 10.2. The average molecular weight is 383 g/mol. The molecule has 3 N–H and O–H groups in total. The van der Waals surface area contributed by atoms with E-state index in [0.717, 1.165) is 0 Å². The van der Waals surface area contributed by atoms with Gasteiger partial charge in [-0.25, -0.2) is 10.2 Å². The van der Waals surface area contributed by atoms with Crippen LogP contribution in [0.2, 0.25) is 0 Å². The van der Waals surface area contributed by atoms with Crippen LogP contribution in [0, 0.1) is 0 Å². The van der Waals surface area contributed by atoms with E-state index in [0.29, 0.717) is 36.4 Å². The Balaban J connectivity index is 1.56. The first-order valence-corrected chi connectivity index (χ1v) is 8.80. The number of rotatable bonds is 4. The van der Waals surface area contributed by atoms with Crippen molar-refractivity contribution in [2.45, 2.75) is 18.9 Å². The van der Waals surface area contributed by atoms with Crippen LogP contribution in [0.15, 0.2) is 48.8 Å². The van der Waals surface area contributed by atoms with Gasteiger partial charge in [0.25, 0.3) is 5.91 Å². The molecule has 0 saturated carbocycles. The van der Waals surface area contributed by atoms with Gasteiger partial charge in [-0.05, 0) is 43.2 Å². The number of aromatic nitrogens is 1. The van der Waals surface area contributed by atoms with Crippen LogP contribution in [0.5, 0.6) is 5.75 Å². The Labute approximate surface area is 162 Å². The Hall–Kier alpha value is -3.62. The van der Waals surface area contributed by atoms with Crippen molar-refractivity contribution in [3.63, 3.8) is 0 Å². The average Bonchev–Trinajstić information content (AvgIpc) is 3.22. The lowest BCUT2D eigenvalue weighted by Gasteiger charge is -2.24. The van der Waals surface area contributed by atoms with Crippen LogP contribution in [0.4, 0.5) is 10.5 Å². The molecule has 0 unspecified atom stereocenters. The molecule has 146 valence electrons. The summed E-state index contributed by atoms with van der Waals surface area (Å²) in [5, 5.41) is 2.75. The van der Waals surface area contributed by atoms with Crippen LogP contribution < -0.4 is 20.9 Å². The molecule has 28 heavy (non-hydrogen) atoms. The zero-order valence-electron chi connectivity index (χ0n) is 15.3. The highest BCUT2D eigenvalue weighted by Gasteiger charge is 2.34. The van der Waals surface area contributed by atoms with Gasteiger partial charge in [0.05, 0.1) is 19.0 Å². The molecule has 2 heterocycles. The van der Waals surface area contributed by atoms with Gasteiger partial charge in [0.2, 0.25) is 5.91 Å². The number of anilines is 1. The molecule has 0 bridgehead atoms. The lowest BCUT2D eigenvalue weighted by Crippen LogP contribution is -2.52. The molecule has 4 amide bonds. The third-order valence-electron chi connectivity index (χ3n) is 4.36. The number of carbonyl (C=O) groups excluding carboxylic acids is 3. The van der Waals surface area contributed by atoms with Crippen molar-refractivity contribution in [3.05, 3.63) is 54.4 Å². The monoisotopic (exact) mass is 383 g/mol. The largest absolute Gasteiger partial charge is 0.497 e. The predicted octanol–water partition coefficient (Wildman–Crippen LogP) is 1.55. The summed E-state index contributed by atoms with van der Waals surface area (Å²) in [6.45, 7) is 0.423. The molecule has 1 saturated heterocycles. The summed E-state index contributed by atoms with van der Waals surface area (Å²) in [5.74, 6) is -0.242. The van der Waals surface area contributed by atoms with E-state index >= 15 is 0 Å². The second-order valence-electron chi connectivity index (χ2n) is 6.20. The second kappa shape index (κ2) is 8.85. The number of hydrogen-bond donors (Lipinski definition) is 3. The fourth-order valence-electron chi connectivity index (χ4n) is 2.96. The molecule has 0 aliphatic carbocycles. The molecular weight excluding hydrogens is 362 g/mol. The lowest BCUT2D eigenvalue weighted by molar-refractivity contribution is -0.119. The Bertz CT molecular complexity index is 858. The summed E-state index contributed by atoms with van der Waals surface area (Å²) in [5.41, 5.74) is 5.62. The number of urea groups is 1. The quantitative estimate of drug-likeness (QED) is 0.694. The molecule has 1 fully saturated rings. The Morgan fingerprint density at radius 2 is 2.04 bits per heavy atom. The summed E-state index contributed by atoms with van der Waals surface area (Å²) in [6.07, 6.45) is 4.38. The minimum Gasteiger partial charge on any atom is -0.497 e. The molecule has 9 heteroatoms. The van der Waals surface area contributed by atoms with Gasteiger partial charge in [-0.2, -0.15) is 0 Å². The van der Waals surface area contributed by atoms with Gasteiger partial charge in [0.15, 0.2) is 0 Å². The molecule has 9 nitrogen and oxygen atoms in total. The molecule has 1 aliphatic rings. The van der Waals surface area contributed by atoms with Gasteiger partial charge in [0, 0.05) is 18.3 Å². The number of hydrogen-bond acceptors (Lipinski definition) is 5. The maximum Gasteiger partial charge on any atom is 0.336 e. The summed E-state index contributed by atoms with van der Waals surface area (Å²) >= 11 is 0. The molecule has 3 rings (SSSR count). The van der Waals surface area contributed by atoms with E-state index in [4.69, 9.17) is 4.74 Å². The van der Waals surface area contributed by atoms with Crippen LogP contribution in [0.1, 0.15) is 23.2 Å². The first kappa shape index (κ1) is 19.2. The highest BCUT2D eigenvalue weighted by atomic mass is 16.5. The van der Waals surface area contributed by atoms with Crippen LogP contribution in [0.3, 0.4) is 0 Å². The van der Waals surface area contributed by atoms with Gasteiger partial charge < -0.3 is 15.0 Å². The Kier molecular flexibility index (Phi) is 6.05. The standard InChI is InChI=1S/C19H21N5O4/c1-28-15-7-2-5-13(11-15)17(25)22-23-19(27)24-10-4-8-16(24)18(26)21-14-6-3-9-20-12-14/h2-3,5-7,9,11-12,16H,4,8,10H2,1H3,(H,21,26)(H,22,25)(H,23,27)/t16-/m0/s1. The highest BCUT2D eigenvalue weighted by molar-refractivity contribution is 5.98. The molecule has 1 aromatic heterocycles. The normalized spacial score (nSPS) is 15.6. The Morgan fingerprint density at radius 3 is 2.79 bits per heavy atom. The van der Waals surface area contributed by atoms with Crippen LogP contribution in [-0.2, 0) is 4.79 Å². The number of carbonyl (C=O) groups is 3. The van der Waals surface area contributed by atoms with Gasteiger partial charge in [0.1, 0.15) is 11.8 Å². The van der Waals surface area contributed by atoms with E-state index in [1.807, 2.05) is 0 Å². The number of pyridine rings is 1. The number of amides is 4. The van der Waals surface area contributed by atoms with Crippen molar-refractivity contribution >= 4 is 23.5 Å². The third kappa shape index (κ3) is 4.56. The zero-order chi connectivity index (χ0) is 19.9. The van der Waals surface area contributed by atoms with Crippen LogP contribution in [-0.4, -0.2) is 47.4 Å². The summed E-state index contributed by atoms with van der Waals surface area (Å²) < 4.78 is 5.08. The van der Waals surface area contributed by atoms with E-state index in [1.54, 1.807) is 42.6 Å². The molecule has 0 spiro atoms. The van der Waals surface area contributed by atoms with Gasteiger partial charge in [-0.1, -0.05) is 6.07 Å². The summed E-state index contributed by atoms with van der Waals surface area (Å²) in [6, 6.07) is 8.82. The van der Waals surface area contributed by atoms with Gasteiger partial charge >= 0.3 is 6.03 Å². The van der Waals surface area contributed by atoms with Crippen molar-refractivity contribution in [1.82, 2.24) is 20.7 Å². The predicted molar refractivity (Wildman–Crippen MR) is 102 cm³/mol. The fraction of sp³-hybridized carbons (Fsp3) is 0.263. The van der Waals surface area contributed by atoms with Crippen LogP contribution >= 0.6 is 0 Å². The number of benzene rings is 1. The first-order valence-electron chi connectivity index (χ1n) is 8.80. The topological polar surface area (TPSA) is 113 Å². The van der Waals surface area contributed by atoms with E-state index in [9.17, 15) is 14.4 Å². The SMILES string of the molecule is COc1cccc(C(=O)NNC(=O)N2CCC[C@H]2C(=O)Nc2cccnc2)c1. The number of hydrazine groups is 1. The fourth-order valence-corrected chi connectivity index (χ4v) is 2.96. The van der Waals surface area contributed by atoms with Crippen molar-refractivity contribution in [2.24, 2.45) is 0 Å². The third-order valence-corrected chi connectivity index (χ3v) is 4.36. The molecule has 1 aromatic carbocycles. The molecule has 2 aromatic rings. The van der Waals surface area contributed by atoms with Crippen LogP contribution in [0.25, 0.3) is 0 Å². The van der Waals surface area contributed by atoms with E-state index in [2.05, 4.69) is 21.2 Å². The number of methoxy groups -OCH3 is 1. The number of ether oxygens (including phenoxy) is 1. The maximum atomic E-state index is 12.5.